The summed E-state index contributed by atoms with van der Waals surface area (Å²) in [6.07, 6.45) is 4.48. The molecule has 4 heterocycles. The van der Waals surface area contributed by atoms with Gasteiger partial charge in [-0.2, -0.15) is 0 Å². The van der Waals surface area contributed by atoms with Crippen LogP contribution in [0.2, 0.25) is 0 Å². The minimum atomic E-state index is -0.355. The summed E-state index contributed by atoms with van der Waals surface area (Å²) in [5.41, 5.74) is 1.13. The molecule has 1 atom stereocenters. The quantitative estimate of drug-likeness (QED) is 0.839. The van der Waals surface area contributed by atoms with Gasteiger partial charge < -0.3 is 14.2 Å². The molecule has 2 aromatic rings. The maximum Gasteiger partial charge on any atom is 0.263 e. The molecule has 1 aromatic heterocycles. The summed E-state index contributed by atoms with van der Waals surface area (Å²) < 4.78 is 8.15. The van der Waals surface area contributed by atoms with Gasteiger partial charge in [-0.1, -0.05) is 18.2 Å². The van der Waals surface area contributed by atoms with Gasteiger partial charge in [-0.05, 0) is 30.9 Å². The summed E-state index contributed by atoms with van der Waals surface area (Å²) in [5, 5.41) is 8.75. The Morgan fingerprint density at radius 3 is 2.80 bits per heavy atom. The zero-order valence-corrected chi connectivity index (χ0v) is 14.2. The molecule has 5 rings (SSSR count). The van der Waals surface area contributed by atoms with E-state index in [-0.39, 0.29) is 12.0 Å². The summed E-state index contributed by atoms with van der Waals surface area (Å²) in [6.45, 7) is 2.61. The highest BCUT2D eigenvalue weighted by atomic mass is 16.5. The lowest BCUT2D eigenvalue weighted by Crippen LogP contribution is -2.45. The van der Waals surface area contributed by atoms with Crippen molar-refractivity contribution in [3.63, 3.8) is 0 Å². The van der Waals surface area contributed by atoms with Gasteiger partial charge in [-0.25, -0.2) is 0 Å². The van der Waals surface area contributed by atoms with Crippen molar-refractivity contribution >= 4 is 5.91 Å². The van der Waals surface area contributed by atoms with Crippen LogP contribution in [0.5, 0.6) is 5.75 Å². The maximum atomic E-state index is 12.8. The van der Waals surface area contributed by atoms with E-state index in [0.29, 0.717) is 12.3 Å². The molecular weight excluding hydrogens is 316 g/mol. The lowest BCUT2D eigenvalue weighted by atomic mass is 9.95. The van der Waals surface area contributed by atoms with Crippen molar-refractivity contribution in [1.29, 1.82) is 0 Å². The number of carbonyl (C=O) groups excluding carboxylic acids is 1. The highest BCUT2D eigenvalue weighted by molar-refractivity contribution is 5.82. The van der Waals surface area contributed by atoms with Crippen LogP contribution in [0.4, 0.5) is 0 Å². The molecule has 6 nitrogen and oxygen atoms in total. The third-order valence-corrected chi connectivity index (χ3v) is 5.73. The van der Waals surface area contributed by atoms with Crippen LogP contribution in [0.15, 0.2) is 24.3 Å². The fourth-order valence-corrected chi connectivity index (χ4v) is 4.36. The lowest BCUT2D eigenvalue weighted by molar-refractivity contribution is -0.139. The number of ether oxygens (including phenoxy) is 1. The number of fused-ring (bicyclic) bond motifs is 2. The van der Waals surface area contributed by atoms with Crippen LogP contribution in [0, 0.1) is 0 Å². The van der Waals surface area contributed by atoms with Crippen LogP contribution in [-0.2, 0) is 24.2 Å². The molecule has 25 heavy (non-hydrogen) atoms. The molecule has 1 fully saturated rings. The molecule has 0 unspecified atom stereocenters. The number of benzene rings is 1. The second kappa shape index (κ2) is 5.86. The Kier molecular flexibility index (Phi) is 3.50. The van der Waals surface area contributed by atoms with Crippen molar-refractivity contribution in [2.45, 2.75) is 50.7 Å². The number of piperidine rings is 1. The number of amides is 1. The average Bonchev–Trinajstić information content (AvgIpc) is 3.36. The number of hydrogen-bond acceptors (Lipinski definition) is 4. The molecule has 0 radical (unpaired) electrons. The monoisotopic (exact) mass is 338 g/mol. The predicted molar refractivity (Wildman–Crippen MR) is 91.5 cm³/mol. The predicted octanol–water partition coefficient (Wildman–Crippen LogP) is 1.93. The fourth-order valence-electron chi connectivity index (χ4n) is 4.36. The van der Waals surface area contributed by atoms with Crippen LogP contribution in [-0.4, -0.2) is 44.8 Å². The van der Waals surface area contributed by atoms with E-state index in [4.69, 9.17) is 4.74 Å². The van der Waals surface area contributed by atoms with E-state index in [1.807, 2.05) is 29.2 Å². The van der Waals surface area contributed by atoms with Gasteiger partial charge in [0.05, 0.1) is 0 Å². The Morgan fingerprint density at radius 2 is 1.96 bits per heavy atom. The van der Waals surface area contributed by atoms with Gasteiger partial charge >= 0.3 is 0 Å². The Morgan fingerprint density at radius 1 is 1.12 bits per heavy atom. The molecule has 3 aliphatic rings. The summed E-state index contributed by atoms with van der Waals surface area (Å²) in [5.74, 6) is 3.66. The van der Waals surface area contributed by atoms with E-state index in [1.165, 1.54) is 6.42 Å². The lowest BCUT2D eigenvalue weighted by Gasteiger charge is -2.32. The van der Waals surface area contributed by atoms with Crippen molar-refractivity contribution in [2.75, 3.05) is 13.1 Å². The second-order valence-corrected chi connectivity index (χ2v) is 7.25. The SMILES string of the molecule is O=C([C@H]1Cc2ccccc2O1)N1CCC(c2nnc3n2CCC3)CC1. The molecule has 0 spiro atoms. The smallest absolute Gasteiger partial charge is 0.263 e. The van der Waals surface area contributed by atoms with Crippen LogP contribution >= 0.6 is 0 Å². The van der Waals surface area contributed by atoms with Gasteiger partial charge in [0.15, 0.2) is 6.10 Å². The Bertz CT molecular complexity index is 783. The molecule has 1 saturated heterocycles. The molecule has 0 bridgehead atoms. The van der Waals surface area contributed by atoms with E-state index >= 15 is 0 Å². The summed E-state index contributed by atoms with van der Waals surface area (Å²) >= 11 is 0. The van der Waals surface area contributed by atoms with Crippen molar-refractivity contribution < 1.29 is 9.53 Å². The summed E-state index contributed by atoms with van der Waals surface area (Å²) in [6, 6.07) is 7.94. The van der Waals surface area contributed by atoms with Gasteiger partial charge in [-0.15, -0.1) is 10.2 Å². The molecule has 6 heteroatoms. The summed E-state index contributed by atoms with van der Waals surface area (Å²) in [7, 11) is 0. The number of hydrogen-bond donors (Lipinski definition) is 0. The molecule has 1 aromatic carbocycles. The first-order valence-electron chi connectivity index (χ1n) is 9.25. The zero-order valence-electron chi connectivity index (χ0n) is 14.2. The number of carbonyl (C=O) groups is 1. The maximum absolute atomic E-state index is 12.8. The highest BCUT2D eigenvalue weighted by Gasteiger charge is 2.35. The van der Waals surface area contributed by atoms with Crippen molar-refractivity contribution in [2.24, 2.45) is 0 Å². The third kappa shape index (κ3) is 2.51. The minimum Gasteiger partial charge on any atom is -0.480 e. The Balaban J connectivity index is 1.23. The standard InChI is InChI=1S/C19H22N4O2/c24-19(16-12-14-4-1-2-5-15(14)25-16)22-10-7-13(8-11-22)18-21-20-17-6-3-9-23(17)18/h1-2,4-5,13,16H,3,6-12H2/t16-/m1/s1. The van der Waals surface area contributed by atoms with Crippen LogP contribution in [0.25, 0.3) is 0 Å². The molecule has 0 saturated carbocycles. The van der Waals surface area contributed by atoms with Crippen LogP contribution in [0.1, 0.15) is 42.4 Å². The van der Waals surface area contributed by atoms with Crippen molar-refractivity contribution in [3.8, 4) is 5.75 Å². The molecule has 0 N–H and O–H groups in total. The zero-order chi connectivity index (χ0) is 16.8. The molecule has 3 aliphatic heterocycles. The molecule has 130 valence electrons. The van der Waals surface area contributed by atoms with E-state index in [2.05, 4.69) is 14.8 Å². The first kappa shape index (κ1) is 14.9. The first-order valence-corrected chi connectivity index (χ1v) is 9.25. The van der Waals surface area contributed by atoms with Gasteiger partial charge in [0, 0.05) is 38.4 Å². The molecular formula is C19H22N4O2. The van der Waals surface area contributed by atoms with Gasteiger partial charge in [0.1, 0.15) is 17.4 Å². The normalized spacial score (nSPS) is 22.6. The van der Waals surface area contributed by atoms with E-state index in [9.17, 15) is 4.79 Å². The second-order valence-electron chi connectivity index (χ2n) is 7.25. The van der Waals surface area contributed by atoms with Crippen molar-refractivity contribution in [1.82, 2.24) is 19.7 Å². The van der Waals surface area contributed by atoms with Gasteiger partial charge in [0.25, 0.3) is 5.91 Å². The number of nitrogens with zero attached hydrogens (tertiary/aromatic N) is 4. The highest BCUT2D eigenvalue weighted by Crippen LogP contribution is 2.32. The number of aromatic nitrogens is 3. The van der Waals surface area contributed by atoms with E-state index < -0.39 is 0 Å². The number of aryl methyl sites for hydroxylation is 1. The Labute approximate surface area is 146 Å². The number of likely N-dealkylation sites (tertiary alicyclic amines) is 1. The number of para-hydroxylation sites is 1. The first-order chi connectivity index (χ1) is 12.3. The van der Waals surface area contributed by atoms with E-state index in [1.54, 1.807) is 0 Å². The molecule has 1 amide bonds. The van der Waals surface area contributed by atoms with Gasteiger partial charge in [-0.3, -0.25) is 4.79 Å². The summed E-state index contributed by atoms with van der Waals surface area (Å²) in [4.78, 5) is 14.8. The van der Waals surface area contributed by atoms with E-state index in [0.717, 1.165) is 61.9 Å². The minimum absolute atomic E-state index is 0.126. The molecule has 0 aliphatic carbocycles. The topological polar surface area (TPSA) is 60.2 Å². The third-order valence-electron chi connectivity index (χ3n) is 5.73. The average molecular weight is 338 g/mol. The van der Waals surface area contributed by atoms with Crippen molar-refractivity contribution in [3.05, 3.63) is 41.5 Å². The fraction of sp³-hybridized carbons (Fsp3) is 0.526. The number of rotatable bonds is 2. The largest absolute Gasteiger partial charge is 0.480 e. The van der Waals surface area contributed by atoms with Crippen LogP contribution in [0.3, 0.4) is 0 Å². The van der Waals surface area contributed by atoms with Gasteiger partial charge in [0.2, 0.25) is 0 Å². The van der Waals surface area contributed by atoms with Crippen LogP contribution < -0.4 is 4.74 Å². The Hall–Kier alpha value is -2.37.